The van der Waals surface area contributed by atoms with Crippen molar-refractivity contribution in [3.63, 3.8) is 0 Å². The Morgan fingerprint density at radius 1 is 0.913 bits per heavy atom. The van der Waals surface area contributed by atoms with Crippen LogP contribution in [0.15, 0.2) is 84.0 Å². The first-order chi connectivity index (χ1) is 21.8. The van der Waals surface area contributed by atoms with Crippen molar-refractivity contribution >= 4 is 24.5 Å². The van der Waals surface area contributed by atoms with E-state index in [2.05, 4.69) is 121 Å². The SMILES string of the molecule is CC(=O)[C@H]1[C@H](CCC=C(C)C)C[C@H]2[C@@H]3CC=C4C[C@@H](O[Si](c5ccccc5)(c5ccccc5)C(C)(C)C)CC[C@]4(C)[C@H]3CC[C@@]21C. The molecule has 2 nitrogen and oxygen atoms in total. The molecule has 46 heavy (non-hydrogen) atoms. The number of benzene rings is 2. The Kier molecular flexibility index (Phi) is 9.26. The Bertz CT molecular complexity index is 1410. The van der Waals surface area contributed by atoms with E-state index in [1.54, 1.807) is 5.57 Å². The van der Waals surface area contributed by atoms with Crippen LogP contribution in [-0.2, 0) is 9.22 Å². The van der Waals surface area contributed by atoms with E-state index in [0.717, 1.165) is 25.2 Å². The second-order valence-corrected chi connectivity index (χ2v) is 21.6. The van der Waals surface area contributed by atoms with Crippen molar-refractivity contribution in [1.82, 2.24) is 0 Å². The van der Waals surface area contributed by atoms with Crippen molar-refractivity contribution < 1.29 is 9.22 Å². The van der Waals surface area contributed by atoms with Gasteiger partial charge in [-0.1, -0.05) is 119 Å². The summed E-state index contributed by atoms with van der Waals surface area (Å²) < 4.78 is 7.70. The quantitative estimate of drug-likeness (QED) is 0.213. The molecule has 3 saturated carbocycles. The minimum absolute atomic E-state index is 0.00575. The zero-order chi connectivity index (χ0) is 32.9. The molecule has 0 aliphatic heterocycles. The molecule has 0 unspecified atom stereocenters. The Balaban J connectivity index is 1.28. The highest BCUT2D eigenvalue weighted by molar-refractivity contribution is 6.99. The van der Waals surface area contributed by atoms with E-state index in [9.17, 15) is 4.79 Å². The Morgan fingerprint density at radius 2 is 1.54 bits per heavy atom. The molecular formula is C43H60O2Si. The summed E-state index contributed by atoms with van der Waals surface area (Å²) in [6.45, 7) is 18.6. The number of carbonyl (C=O) groups is 1. The zero-order valence-corrected chi connectivity index (χ0v) is 31.1. The van der Waals surface area contributed by atoms with E-state index in [1.807, 2.05) is 6.92 Å². The molecule has 248 valence electrons. The van der Waals surface area contributed by atoms with Crippen molar-refractivity contribution in [3.8, 4) is 0 Å². The molecule has 4 aliphatic carbocycles. The summed E-state index contributed by atoms with van der Waals surface area (Å²) in [5, 5.41) is 2.76. The van der Waals surface area contributed by atoms with Crippen molar-refractivity contribution in [2.24, 2.45) is 40.4 Å². The summed E-state index contributed by atoms with van der Waals surface area (Å²) in [6, 6.07) is 22.3. The lowest BCUT2D eigenvalue weighted by Crippen LogP contribution is -2.68. The maximum atomic E-state index is 13.3. The van der Waals surface area contributed by atoms with Gasteiger partial charge in [-0.2, -0.15) is 0 Å². The van der Waals surface area contributed by atoms with Crippen LogP contribution >= 0.6 is 0 Å². The van der Waals surface area contributed by atoms with Gasteiger partial charge < -0.3 is 4.43 Å². The Hall–Kier alpha value is -2.23. The van der Waals surface area contributed by atoms with Crippen LogP contribution in [0.2, 0.25) is 5.04 Å². The number of allylic oxidation sites excluding steroid dienone is 3. The number of hydrogen-bond acceptors (Lipinski definition) is 2. The summed E-state index contributed by atoms with van der Waals surface area (Å²) in [5.41, 5.74) is 3.48. The second kappa shape index (κ2) is 12.7. The van der Waals surface area contributed by atoms with Gasteiger partial charge in [0.2, 0.25) is 0 Å². The molecule has 0 N–H and O–H groups in total. The van der Waals surface area contributed by atoms with Gasteiger partial charge in [-0.05, 0) is 128 Å². The van der Waals surface area contributed by atoms with Crippen LogP contribution in [0.25, 0.3) is 0 Å². The Morgan fingerprint density at radius 3 is 2.11 bits per heavy atom. The molecule has 3 heteroatoms. The minimum Gasteiger partial charge on any atom is -0.404 e. The van der Waals surface area contributed by atoms with Crippen molar-refractivity contribution in [1.29, 1.82) is 0 Å². The van der Waals surface area contributed by atoms with E-state index in [4.69, 9.17) is 4.43 Å². The van der Waals surface area contributed by atoms with Gasteiger partial charge >= 0.3 is 0 Å². The summed E-state index contributed by atoms with van der Waals surface area (Å²) in [5.74, 6) is 3.32. The summed E-state index contributed by atoms with van der Waals surface area (Å²) >= 11 is 0. The molecule has 0 bridgehead atoms. The van der Waals surface area contributed by atoms with Crippen molar-refractivity contribution in [2.45, 2.75) is 124 Å². The van der Waals surface area contributed by atoms with E-state index in [-0.39, 0.29) is 27.9 Å². The van der Waals surface area contributed by atoms with Crippen LogP contribution in [0.1, 0.15) is 113 Å². The first kappa shape index (κ1) is 33.7. The fourth-order valence-corrected chi connectivity index (χ4v) is 16.2. The number of rotatable bonds is 8. The highest BCUT2D eigenvalue weighted by atomic mass is 28.4. The third-order valence-corrected chi connectivity index (χ3v) is 18.6. The smallest absolute Gasteiger partial charge is 0.261 e. The predicted molar refractivity (Wildman–Crippen MR) is 196 cm³/mol. The highest BCUT2D eigenvalue weighted by Gasteiger charge is 2.62. The molecule has 0 radical (unpaired) electrons. The molecule has 2 aromatic carbocycles. The first-order valence-corrected chi connectivity index (χ1v) is 20.3. The highest BCUT2D eigenvalue weighted by Crippen LogP contribution is 2.68. The number of carbonyl (C=O) groups excluding carboxylic acids is 1. The number of ketones is 1. The van der Waals surface area contributed by atoms with Gasteiger partial charge in [0.1, 0.15) is 5.78 Å². The molecule has 0 aromatic heterocycles. The molecule has 3 fully saturated rings. The van der Waals surface area contributed by atoms with Crippen LogP contribution < -0.4 is 10.4 Å². The van der Waals surface area contributed by atoms with Gasteiger partial charge in [-0.25, -0.2) is 0 Å². The van der Waals surface area contributed by atoms with E-state index in [1.165, 1.54) is 54.5 Å². The van der Waals surface area contributed by atoms with Gasteiger partial charge in [-0.3, -0.25) is 4.79 Å². The number of Topliss-reactive ketones (excluding diaryl/α,β-unsaturated/α-hetero) is 1. The maximum Gasteiger partial charge on any atom is 0.261 e. The van der Waals surface area contributed by atoms with Crippen LogP contribution in [0.3, 0.4) is 0 Å². The molecule has 0 saturated heterocycles. The van der Waals surface area contributed by atoms with Gasteiger partial charge in [0.15, 0.2) is 0 Å². The molecule has 0 heterocycles. The summed E-state index contributed by atoms with van der Waals surface area (Å²) in [4.78, 5) is 13.3. The Labute approximate surface area is 281 Å². The average Bonchev–Trinajstić information content (AvgIpc) is 3.32. The van der Waals surface area contributed by atoms with Gasteiger partial charge in [0.05, 0.1) is 0 Å². The lowest BCUT2D eigenvalue weighted by atomic mass is 9.47. The van der Waals surface area contributed by atoms with Gasteiger partial charge in [-0.15, -0.1) is 0 Å². The summed E-state index contributed by atoms with van der Waals surface area (Å²) in [7, 11) is -2.59. The lowest BCUT2D eigenvalue weighted by molar-refractivity contribution is -0.129. The number of fused-ring (bicyclic) bond motifs is 5. The van der Waals surface area contributed by atoms with Crippen LogP contribution in [0.5, 0.6) is 0 Å². The maximum absolute atomic E-state index is 13.3. The second-order valence-electron chi connectivity index (χ2n) is 17.4. The monoisotopic (exact) mass is 636 g/mol. The van der Waals surface area contributed by atoms with Crippen LogP contribution in [0.4, 0.5) is 0 Å². The molecule has 4 aliphatic rings. The molecule has 2 aromatic rings. The van der Waals surface area contributed by atoms with E-state index < -0.39 is 8.32 Å². The number of hydrogen-bond donors (Lipinski definition) is 0. The average molecular weight is 637 g/mol. The minimum atomic E-state index is -2.59. The predicted octanol–water partition coefficient (Wildman–Crippen LogP) is 10.1. The fraction of sp³-hybridized carbons (Fsp3) is 0.605. The van der Waals surface area contributed by atoms with Crippen molar-refractivity contribution in [2.75, 3.05) is 0 Å². The first-order valence-electron chi connectivity index (χ1n) is 18.4. The van der Waals surface area contributed by atoms with Gasteiger partial charge in [0.25, 0.3) is 8.32 Å². The summed E-state index contributed by atoms with van der Waals surface area (Å²) in [6.07, 6.45) is 15.9. The third-order valence-electron chi connectivity index (χ3n) is 13.5. The van der Waals surface area contributed by atoms with Crippen molar-refractivity contribution in [3.05, 3.63) is 84.0 Å². The van der Waals surface area contributed by atoms with Crippen LogP contribution in [-0.4, -0.2) is 20.2 Å². The lowest BCUT2D eigenvalue weighted by Gasteiger charge is -2.58. The standard InChI is InChI=1S/C43H60O2Si/c1-30(2)16-15-17-32-28-39-37-23-22-33-29-34(24-26-42(33,7)38(37)25-27-43(39,8)40(32)31(3)44)45-46(41(4,5)6,35-18-11-9-12-19-35)36-20-13-10-14-21-36/h9-14,16,18-22,32,34,37-40H,15,17,23-29H2,1-8H3/t32-,34+,37-,38+,39+,40+,42+,43+/m1/s1. The topological polar surface area (TPSA) is 26.3 Å². The third kappa shape index (κ3) is 5.66. The van der Waals surface area contributed by atoms with Gasteiger partial charge in [0, 0.05) is 12.0 Å². The fourth-order valence-electron chi connectivity index (χ4n) is 11.5. The molecular weight excluding hydrogens is 577 g/mol. The normalized spacial score (nSPS) is 34.1. The van der Waals surface area contributed by atoms with E-state index >= 15 is 0 Å². The van der Waals surface area contributed by atoms with Crippen LogP contribution in [0, 0.1) is 40.4 Å². The molecule has 0 amide bonds. The zero-order valence-electron chi connectivity index (χ0n) is 30.1. The molecule has 0 spiro atoms. The largest absolute Gasteiger partial charge is 0.404 e. The van der Waals surface area contributed by atoms with E-state index in [0.29, 0.717) is 23.5 Å². The molecule has 8 atom stereocenters. The molecule has 6 rings (SSSR count).